The molecule has 21 heavy (non-hydrogen) atoms. The zero-order chi connectivity index (χ0) is 15.0. The summed E-state index contributed by atoms with van der Waals surface area (Å²) in [6, 6.07) is 7.61. The van der Waals surface area contributed by atoms with E-state index in [1.807, 2.05) is 0 Å². The Bertz CT molecular complexity index is 785. The summed E-state index contributed by atoms with van der Waals surface area (Å²) in [5, 5.41) is 9.77. The molecule has 6 nitrogen and oxygen atoms in total. The fourth-order valence-electron chi connectivity index (χ4n) is 2.03. The molecule has 1 aliphatic heterocycles. The molecular formula is C12H10BClN2O4S. The van der Waals surface area contributed by atoms with Crippen molar-refractivity contribution in [2.45, 2.75) is 11.6 Å². The first-order valence-corrected chi connectivity index (χ1v) is 7.89. The molecule has 9 heteroatoms. The third-order valence-electron chi connectivity index (χ3n) is 3.05. The van der Waals surface area contributed by atoms with E-state index in [9.17, 15) is 13.4 Å². The summed E-state index contributed by atoms with van der Waals surface area (Å²) < 4.78 is 31.8. The minimum Gasteiger partial charge on any atom is -0.423 e. The van der Waals surface area contributed by atoms with Gasteiger partial charge in [-0.05, 0) is 35.3 Å². The number of halogens is 1. The van der Waals surface area contributed by atoms with Crippen LogP contribution in [-0.4, -0.2) is 25.5 Å². The summed E-state index contributed by atoms with van der Waals surface area (Å²) in [6.07, 6.45) is 1.39. The predicted molar refractivity (Wildman–Crippen MR) is 78.9 cm³/mol. The zero-order valence-electron chi connectivity index (χ0n) is 10.7. The average molecular weight is 325 g/mol. The van der Waals surface area contributed by atoms with Gasteiger partial charge in [-0.1, -0.05) is 17.7 Å². The molecule has 3 rings (SSSR count). The average Bonchev–Trinajstić information content (AvgIpc) is 2.81. The second kappa shape index (κ2) is 5.30. The van der Waals surface area contributed by atoms with Gasteiger partial charge in [-0.2, -0.15) is 8.42 Å². The third-order valence-corrected chi connectivity index (χ3v) is 4.64. The topological polar surface area (TPSA) is 88.5 Å². The van der Waals surface area contributed by atoms with E-state index in [0.717, 1.165) is 5.56 Å². The Hall–Kier alpha value is -1.61. The first-order valence-electron chi connectivity index (χ1n) is 6.03. The normalized spacial score (nSPS) is 14.1. The Balaban J connectivity index is 1.98. The van der Waals surface area contributed by atoms with E-state index in [-0.39, 0.29) is 22.3 Å². The maximum Gasteiger partial charge on any atom is 0.491 e. The highest BCUT2D eigenvalue weighted by Crippen LogP contribution is 2.26. The van der Waals surface area contributed by atoms with Gasteiger partial charge in [-0.15, -0.1) is 0 Å². The van der Waals surface area contributed by atoms with Crippen molar-refractivity contribution < 1.29 is 18.1 Å². The number of aromatic nitrogens is 1. The number of hydrogen-bond donors (Lipinski definition) is 2. The molecule has 0 atom stereocenters. The number of rotatable bonds is 3. The fourth-order valence-corrected chi connectivity index (χ4v) is 3.34. The molecule has 0 saturated carbocycles. The number of nitrogens with zero attached hydrogens (tertiary/aromatic N) is 1. The van der Waals surface area contributed by atoms with Crippen molar-refractivity contribution >= 4 is 39.9 Å². The van der Waals surface area contributed by atoms with Crippen LogP contribution in [0.4, 0.5) is 5.69 Å². The first-order chi connectivity index (χ1) is 9.97. The molecule has 2 aromatic rings. The minimum atomic E-state index is -3.84. The standard InChI is InChI=1S/C12H10BClN2O4S/c14-10-5-8-7-20-13(17)9(8)6-11(10)16-21(18,19)12-3-1-2-4-15-12/h1-6,16-17H,7H2. The van der Waals surface area contributed by atoms with Crippen molar-refractivity contribution in [1.82, 2.24) is 4.98 Å². The van der Waals surface area contributed by atoms with Crippen LogP contribution in [0.25, 0.3) is 0 Å². The molecule has 0 spiro atoms. The van der Waals surface area contributed by atoms with Gasteiger partial charge in [0.05, 0.1) is 17.3 Å². The van der Waals surface area contributed by atoms with Crippen LogP contribution >= 0.6 is 11.6 Å². The summed E-state index contributed by atoms with van der Waals surface area (Å²) in [5.74, 6) is 0. The Morgan fingerprint density at radius 2 is 2.19 bits per heavy atom. The van der Waals surface area contributed by atoms with Crippen molar-refractivity contribution in [1.29, 1.82) is 0 Å². The Kier molecular flexibility index (Phi) is 3.62. The molecular weight excluding hydrogens is 314 g/mol. The summed E-state index contributed by atoms with van der Waals surface area (Å²) in [4.78, 5) is 3.80. The van der Waals surface area contributed by atoms with Gasteiger partial charge in [-0.25, -0.2) is 4.98 Å². The lowest BCUT2D eigenvalue weighted by molar-refractivity contribution is 0.275. The van der Waals surface area contributed by atoms with Crippen LogP contribution in [-0.2, 0) is 21.3 Å². The third kappa shape index (κ3) is 2.75. The molecule has 1 aromatic heterocycles. The molecule has 2 N–H and O–H groups in total. The van der Waals surface area contributed by atoms with Crippen molar-refractivity contribution in [3.63, 3.8) is 0 Å². The largest absolute Gasteiger partial charge is 0.491 e. The lowest BCUT2D eigenvalue weighted by Gasteiger charge is -2.11. The SMILES string of the molecule is O=S(=O)(Nc1cc2c(cc1Cl)COB2O)c1ccccn1. The molecule has 0 amide bonds. The van der Waals surface area contributed by atoms with Gasteiger partial charge < -0.3 is 9.68 Å². The van der Waals surface area contributed by atoms with Crippen LogP contribution in [0.2, 0.25) is 5.02 Å². The maximum absolute atomic E-state index is 12.2. The molecule has 0 saturated heterocycles. The van der Waals surface area contributed by atoms with Crippen LogP contribution < -0.4 is 10.2 Å². The quantitative estimate of drug-likeness (QED) is 0.814. The highest BCUT2D eigenvalue weighted by Gasteiger charge is 2.29. The molecule has 2 heterocycles. The molecule has 0 unspecified atom stereocenters. The summed E-state index contributed by atoms with van der Waals surface area (Å²) in [5.41, 5.74) is 1.40. The highest BCUT2D eigenvalue weighted by atomic mass is 35.5. The first kappa shape index (κ1) is 14.3. The number of fused-ring (bicyclic) bond motifs is 1. The molecule has 0 fully saturated rings. The Labute approximate surface area is 126 Å². The lowest BCUT2D eigenvalue weighted by atomic mass is 9.79. The van der Waals surface area contributed by atoms with Crippen LogP contribution in [0.5, 0.6) is 0 Å². The molecule has 0 bridgehead atoms. The molecule has 1 aromatic carbocycles. The number of hydrogen-bond acceptors (Lipinski definition) is 5. The van der Waals surface area contributed by atoms with E-state index in [1.54, 1.807) is 18.2 Å². The van der Waals surface area contributed by atoms with Gasteiger partial charge in [0.25, 0.3) is 10.0 Å². The van der Waals surface area contributed by atoms with E-state index in [0.29, 0.717) is 5.46 Å². The van der Waals surface area contributed by atoms with Crippen molar-refractivity contribution in [2.24, 2.45) is 0 Å². The predicted octanol–water partition coefficient (Wildman–Crippen LogP) is 0.753. The number of nitrogens with one attached hydrogen (secondary N) is 1. The summed E-state index contributed by atoms with van der Waals surface area (Å²) in [7, 11) is -4.91. The van der Waals surface area contributed by atoms with Crippen molar-refractivity contribution in [3.8, 4) is 0 Å². The summed E-state index contributed by atoms with van der Waals surface area (Å²) >= 11 is 6.06. The Morgan fingerprint density at radius 1 is 1.38 bits per heavy atom. The lowest BCUT2D eigenvalue weighted by Crippen LogP contribution is -2.28. The molecule has 0 radical (unpaired) electrons. The smallest absolute Gasteiger partial charge is 0.423 e. The number of anilines is 1. The second-order valence-electron chi connectivity index (χ2n) is 4.47. The molecule has 0 aliphatic carbocycles. The van der Waals surface area contributed by atoms with E-state index in [4.69, 9.17) is 16.3 Å². The zero-order valence-corrected chi connectivity index (χ0v) is 12.2. The Morgan fingerprint density at radius 3 is 2.90 bits per heavy atom. The van der Waals surface area contributed by atoms with Crippen molar-refractivity contribution in [3.05, 3.63) is 47.1 Å². The van der Waals surface area contributed by atoms with Crippen LogP contribution in [0.1, 0.15) is 5.56 Å². The minimum absolute atomic E-state index is 0.113. The monoisotopic (exact) mass is 324 g/mol. The van der Waals surface area contributed by atoms with E-state index >= 15 is 0 Å². The molecule has 1 aliphatic rings. The van der Waals surface area contributed by atoms with E-state index in [1.165, 1.54) is 18.3 Å². The van der Waals surface area contributed by atoms with E-state index in [2.05, 4.69) is 9.71 Å². The molecule has 108 valence electrons. The number of pyridine rings is 1. The van der Waals surface area contributed by atoms with Crippen LogP contribution in [0.3, 0.4) is 0 Å². The van der Waals surface area contributed by atoms with Gasteiger partial charge in [0.1, 0.15) is 0 Å². The van der Waals surface area contributed by atoms with Crippen molar-refractivity contribution in [2.75, 3.05) is 4.72 Å². The van der Waals surface area contributed by atoms with Gasteiger partial charge in [-0.3, -0.25) is 4.72 Å². The highest BCUT2D eigenvalue weighted by molar-refractivity contribution is 7.92. The fraction of sp³-hybridized carbons (Fsp3) is 0.0833. The van der Waals surface area contributed by atoms with Gasteiger partial charge >= 0.3 is 7.12 Å². The van der Waals surface area contributed by atoms with E-state index < -0.39 is 17.1 Å². The van der Waals surface area contributed by atoms with Gasteiger partial charge in [0.2, 0.25) is 0 Å². The van der Waals surface area contributed by atoms with Crippen LogP contribution in [0, 0.1) is 0 Å². The van der Waals surface area contributed by atoms with Crippen LogP contribution in [0.15, 0.2) is 41.6 Å². The second-order valence-corrected chi connectivity index (χ2v) is 6.50. The number of benzene rings is 1. The van der Waals surface area contributed by atoms with Gasteiger partial charge in [0.15, 0.2) is 5.03 Å². The summed E-state index contributed by atoms with van der Waals surface area (Å²) in [6.45, 7) is 0.240. The van der Waals surface area contributed by atoms with Gasteiger partial charge in [0, 0.05) is 6.20 Å². The number of sulfonamides is 1. The maximum atomic E-state index is 12.2.